The van der Waals surface area contributed by atoms with Crippen molar-refractivity contribution in [3.8, 4) is 0 Å². The summed E-state index contributed by atoms with van der Waals surface area (Å²) >= 11 is 0. The van der Waals surface area contributed by atoms with E-state index in [2.05, 4.69) is 5.32 Å². The summed E-state index contributed by atoms with van der Waals surface area (Å²) in [6.45, 7) is 3.18. The Morgan fingerprint density at radius 1 is 1.26 bits per heavy atom. The number of rotatable bonds is 11. The van der Waals surface area contributed by atoms with E-state index in [0.29, 0.717) is 32.5 Å². The highest BCUT2D eigenvalue weighted by atomic mass is 16.5. The van der Waals surface area contributed by atoms with E-state index in [9.17, 15) is 14.4 Å². The summed E-state index contributed by atoms with van der Waals surface area (Å²) in [6, 6.07) is 0. The smallest absolute Gasteiger partial charge is 0.232 e. The molecular formula is C16H29N3O4. The normalized spacial score (nSPS) is 18.1. The van der Waals surface area contributed by atoms with E-state index in [1.165, 1.54) is 11.9 Å². The molecule has 1 fully saturated rings. The Hall–Kier alpha value is -1.47. The molecule has 1 heterocycles. The number of hydrogen-bond donors (Lipinski definition) is 2. The lowest BCUT2D eigenvalue weighted by Crippen LogP contribution is -2.31. The molecule has 0 saturated carbocycles. The van der Waals surface area contributed by atoms with Crippen LogP contribution >= 0.6 is 0 Å². The van der Waals surface area contributed by atoms with E-state index < -0.39 is 0 Å². The van der Waals surface area contributed by atoms with Crippen LogP contribution in [0.2, 0.25) is 0 Å². The Balaban J connectivity index is 1.96. The molecule has 0 spiro atoms. The summed E-state index contributed by atoms with van der Waals surface area (Å²) < 4.78 is 0. The molecule has 3 amide bonds. The molecule has 0 radical (unpaired) electrons. The number of hydroxylamine groups is 2. The largest absolute Gasteiger partial charge is 0.355 e. The zero-order valence-corrected chi connectivity index (χ0v) is 14.2. The van der Waals surface area contributed by atoms with Crippen LogP contribution in [0.25, 0.3) is 0 Å². The summed E-state index contributed by atoms with van der Waals surface area (Å²) in [5.41, 5.74) is 0. The van der Waals surface area contributed by atoms with Crippen molar-refractivity contribution in [2.24, 2.45) is 5.92 Å². The minimum absolute atomic E-state index is 0.00842. The number of nitrogens with one attached hydrogen (secondary N) is 1. The van der Waals surface area contributed by atoms with Crippen molar-refractivity contribution < 1.29 is 19.6 Å². The Morgan fingerprint density at radius 3 is 2.52 bits per heavy atom. The van der Waals surface area contributed by atoms with E-state index in [1.807, 2.05) is 0 Å². The van der Waals surface area contributed by atoms with Crippen LogP contribution in [0.15, 0.2) is 0 Å². The van der Waals surface area contributed by atoms with Gasteiger partial charge in [-0.15, -0.1) is 0 Å². The van der Waals surface area contributed by atoms with Crippen LogP contribution in [0.3, 0.4) is 0 Å². The fourth-order valence-corrected chi connectivity index (χ4v) is 2.61. The molecule has 2 N–H and O–H groups in total. The zero-order valence-electron chi connectivity index (χ0n) is 14.2. The number of hydrogen-bond acceptors (Lipinski definition) is 5. The first-order chi connectivity index (χ1) is 10.9. The lowest BCUT2D eigenvalue weighted by molar-refractivity contribution is -0.139. The van der Waals surface area contributed by atoms with Gasteiger partial charge in [-0.1, -0.05) is 26.2 Å². The van der Waals surface area contributed by atoms with Crippen molar-refractivity contribution in [3.63, 3.8) is 0 Å². The van der Waals surface area contributed by atoms with Crippen molar-refractivity contribution in [1.82, 2.24) is 15.3 Å². The molecular weight excluding hydrogens is 298 g/mol. The molecule has 7 heteroatoms. The zero-order chi connectivity index (χ0) is 17.2. The number of likely N-dealkylation sites (tertiary alicyclic amines) is 1. The van der Waals surface area contributed by atoms with Gasteiger partial charge < -0.3 is 10.5 Å². The summed E-state index contributed by atoms with van der Waals surface area (Å²) in [7, 11) is 1.54. The number of unbranched alkanes of at least 4 members (excludes halogenated alkanes) is 4. The molecule has 132 valence electrons. The van der Waals surface area contributed by atoms with Crippen molar-refractivity contribution >= 4 is 17.7 Å². The second-order valence-corrected chi connectivity index (χ2v) is 6.24. The first kappa shape index (κ1) is 19.6. The van der Waals surface area contributed by atoms with Gasteiger partial charge in [-0.05, 0) is 12.8 Å². The van der Waals surface area contributed by atoms with E-state index in [-0.39, 0.29) is 23.6 Å². The highest BCUT2D eigenvalue weighted by Gasteiger charge is 2.34. The summed E-state index contributed by atoms with van der Waals surface area (Å²) in [4.78, 5) is 36.2. The predicted molar refractivity (Wildman–Crippen MR) is 85.6 cm³/mol. The molecule has 1 rings (SSSR count). The van der Waals surface area contributed by atoms with E-state index in [1.54, 1.807) is 6.92 Å². The lowest BCUT2D eigenvalue weighted by atomic mass is 10.1. The molecule has 1 unspecified atom stereocenters. The highest BCUT2D eigenvalue weighted by molar-refractivity contribution is 6.03. The van der Waals surface area contributed by atoms with Gasteiger partial charge in [-0.3, -0.25) is 19.3 Å². The highest BCUT2D eigenvalue weighted by Crippen LogP contribution is 2.19. The third-order valence-corrected chi connectivity index (χ3v) is 4.01. The third-order valence-electron chi connectivity index (χ3n) is 4.01. The summed E-state index contributed by atoms with van der Waals surface area (Å²) in [6.07, 6.45) is 5.43. The van der Waals surface area contributed by atoms with Gasteiger partial charge >= 0.3 is 0 Å². The molecule has 1 aliphatic heterocycles. The molecule has 23 heavy (non-hydrogen) atoms. The summed E-state index contributed by atoms with van der Waals surface area (Å²) in [5.74, 6) is -0.242. The predicted octanol–water partition coefficient (Wildman–Crippen LogP) is 1.16. The number of carbonyl (C=O) groups excluding carboxylic acids is 3. The molecule has 1 saturated heterocycles. The number of carbonyl (C=O) groups is 3. The molecule has 0 aliphatic carbocycles. The van der Waals surface area contributed by atoms with Gasteiger partial charge in [-0.25, -0.2) is 0 Å². The van der Waals surface area contributed by atoms with E-state index >= 15 is 0 Å². The van der Waals surface area contributed by atoms with Gasteiger partial charge in [0.15, 0.2) is 0 Å². The van der Waals surface area contributed by atoms with Gasteiger partial charge in [0, 0.05) is 45.4 Å². The van der Waals surface area contributed by atoms with Crippen LogP contribution in [0, 0.1) is 5.92 Å². The maximum atomic E-state index is 11.7. The van der Waals surface area contributed by atoms with Crippen molar-refractivity contribution in [2.75, 3.05) is 26.7 Å². The Morgan fingerprint density at radius 2 is 1.91 bits per heavy atom. The Kier molecular flexibility index (Phi) is 8.79. The Bertz CT molecular complexity index is 412. The number of nitrogens with zero attached hydrogens (tertiary/aromatic N) is 2. The van der Waals surface area contributed by atoms with Gasteiger partial charge in [0.25, 0.3) is 0 Å². The van der Waals surface area contributed by atoms with Crippen LogP contribution in [0.1, 0.15) is 51.9 Å². The fraction of sp³-hybridized carbons (Fsp3) is 0.812. The van der Waals surface area contributed by atoms with Crippen molar-refractivity contribution in [3.05, 3.63) is 0 Å². The molecule has 7 nitrogen and oxygen atoms in total. The Labute approximate surface area is 138 Å². The second kappa shape index (κ2) is 10.3. The van der Waals surface area contributed by atoms with Crippen molar-refractivity contribution in [1.29, 1.82) is 0 Å². The van der Waals surface area contributed by atoms with E-state index in [4.69, 9.17) is 5.21 Å². The topological polar surface area (TPSA) is 90.0 Å². The average molecular weight is 327 g/mol. The minimum atomic E-state index is -0.161. The maximum Gasteiger partial charge on any atom is 0.232 e. The van der Waals surface area contributed by atoms with Crippen LogP contribution in [0.5, 0.6) is 0 Å². The number of likely N-dealkylation sites (N-methyl/N-ethyl adjacent to an activating group) is 1. The monoisotopic (exact) mass is 327 g/mol. The number of amides is 3. The number of imide groups is 1. The quantitative estimate of drug-likeness (QED) is 0.338. The van der Waals surface area contributed by atoms with Gasteiger partial charge in [0.1, 0.15) is 0 Å². The maximum absolute atomic E-state index is 11.7. The molecule has 1 atom stereocenters. The molecule has 0 aromatic heterocycles. The molecule has 0 bridgehead atoms. The average Bonchev–Trinajstić information content (AvgIpc) is 2.71. The SMILES string of the molecule is CC1CC(=O)N(CCCCCCCC(=O)NCCN(C)O)C1=O. The third kappa shape index (κ3) is 7.56. The molecule has 1 aliphatic rings. The standard InChI is InChI=1S/C16H29N3O4/c1-13-12-15(21)19(16(13)22)10-7-5-3-4-6-8-14(20)17-9-11-18(2)23/h13,23H,3-12H2,1-2H3,(H,17,20). The van der Waals surface area contributed by atoms with Crippen LogP contribution in [-0.2, 0) is 14.4 Å². The van der Waals surface area contributed by atoms with Gasteiger partial charge in [-0.2, -0.15) is 5.06 Å². The van der Waals surface area contributed by atoms with Crippen LogP contribution in [0.4, 0.5) is 0 Å². The second-order valence-electron chi connectivity index (χ2n) is 6.24. The van der Waals surface area contributed by atoms with Crippen LogP contribution < -0.4 is 5.32 Å². The minimum Gasteiger partial charge on any atom is -0.355 e. The summed E-state index contributed by atoms with van der Waals surface area (Å²) in [5, 5.41) is 12.7. The van der Waals surface area contributed by atoms with Crippen LogP contribution in [-0.4, -0.2) is 59.6 Å². The first-order valence-corrected chi connectivity index (χ1v) is 8.42. The molecule has 0 aromatic rings. The van der Waals surface area contributed by atoms with Crippen molar-refractivity contribution in [2.45, 2.75) is 51.9 Å². The van der Waals surface area contributed by atoms with Gasteiger partial charge in [0.05, 0.1) is 0 Å². The van der Waals surface area contributed by atoms with Gasteiger partial charge in [0.2, 0.25) is 17.7 Å². The lowest BCUT2D eigenvalue weighted by Gasteiger charge is -2.13. The molecule has 0 aromatic carbocycles. The fourth-order valence-electron chi connectivity index (χ4n) is 2.61. The van der Waals surface area contributed by atoms with E-state index in [0.717, 1.165) is 37.2 Å². The first-order valence-electron chi connectivity index (χ1n) is 8.42.